The van der Waals surface area contributed by atoms with Crippen LogP contribution in [0.4, 0.5) is 9.52 Å². The van der Waals surface area contributed by atoms with Crippen molar-refractivity contribution in [2.75, 3.05) is 18.1 Å². The SMILES string of the molecule is CCCCOc1ccc(C2C(=C(O)c3ccc(C)c(F)c3)C(=O)C(=O)N2c2nc(C)c(C(=O)OCC)s2)cc1. The molecule has 0 aliphatic carbocycles. The Morgan fingerprint density at radius 2 is 1.85 bits per heavy atom. The maximum absolute atomic E-state index is 14.4. The van der Waals surface area contributed by atoms with Crippen LogP contribution in [0.1, 0.15) is 64.8 Å². The molecule has 1 N–H and O–H groups in total. The fourth-order valence-electron chi connectivity index (χ4n) is 4.19. The zero-order valence-electron chi connectivity index (χ0n) is 22.1. The van der Waals surface area contributed by atoms with Crippen LogP contribution in [0, 0.1) is 19.7 Å². The van der Waals surface area contributed by atoms with E-state index in [9.17, 15) is 23.9 Å². The number of Topliss-reactive ketones (excluding diaryl/α,β-unsaturated/α-hetero) is 1. The molecule has 4 rings (SSSR count). The van der Waals surface area contributed by atoms with E-state index in [0.717, 1.165) is 35.1 Å². The van der Waals surface area contributed by atoms with E-state index in [1.807, 2.05) is 0 Å². The van der Waals surface area contributed by atoms with Gasteiger partial charge in [0.15, 0.2) is 5.13 Å². The number of thiazole rings is 1. The van der Waals surface area contributed by atoms with E-state index in [-0.39, 0.29) is 27.8 Å². The van der Waals surface area contributed by atoms with Gasteiger partial charge in [0.25, 0.3) is 5.78 Å². The van der Waals surface area contributed by atoms with E-state index in [4.69, 9.17) is 9.47 Å². The molecule has 0 saturated carbocycles. The molecular formula is C29H29FN2O6S. The minimum Gasteiger partial charge on any atom is -0.507 e. The van der Waals surface area contributed by atoms with Crippen molar-refractivity contribution in [2.45, 2.75) is 46.6 Å². The van der Waals surface area contributed by atoms with Crippen LogP contribution in [0.25, 0.3) is 5.76 Å². The highest BCUT2D eigenvalue weighted by molar-refractivity contribution is 7.17. The van der Waals surface area contributed by atoms with Gasteiger partial charge in [0.1, 0.15) is 22.2 Å². The number of aryl methyl sites for hydroxylation is 2. The Morgan fingerprint density at radius 1 is 1.13 bits per heavy atom. The molecule has 0 radical (unpaired) electrons. The van der Waals surface area contributed by atoms with Crippen LogP contribution in [-0.4, -0.2) is 41.0 Å². The molecule has 204 valence electrons. The number of ether oxygens (including phenoxy) is 2. The molecule has 39 heavy (non-hydrogen) atoms. The molecule has 8 nitrogen and oxygen atoms in total. The van der Waals surface area contributed by atoms with Crippen molar-refractivity contribution in [3.63, 3.8) is 0 Å². The van der Waals surface area contributed by atoms with Gasteiger partial charge in [0.2, 0.25) is 0 Å². The van der Waals surface area contributed by atoms with Crippen LogP contribution < -0.4 is 9.64 Å². The number of ketones is 1. The van der Waals surface area contributed by atoms with Gasteiger partial charge < -0.3 is 14.6 Å². The smallest absolute Gasteiger partial charge is 0.350 e. The van der Waals surface area contributed by atoms with Crippen molar-refractivity contribution in [2.24, 2.45) is 0 Å². The third-order valence-corrected chi connectivity index (χ3v) is 7.44. The first-order chi connectivity index (χ1) is 18.7. The molecule has 1 amide bonds. The minimum absolute atomic E-state index is 0.0585. The summed E-state index contributed by atoms with van der Waals surface area (Å²) in [6.07, 6.45) is 1.87. The minimum atomic E-state index is -1.08. The highest BCUT2D eigenvalue weighted by atomic mass is 32.1. The highest BCUT2D eigenvalue weighted by Gasteiger charge is 2.48. The number of aromatic nitrogens is 1. The maximum Gasteiger partial charge on any atom is 0.350 e. The van der Waals surface area contributed by atoms with Crippen LogP contribution in [0.5, 0.6) is 5.75 Å². The van der Waals surface area contributed by atoms with Gasteiger partial charge in [-0.2, -0.15) is 0 Å². The fourth-order valence-corrected chi connectivity index (χ4v) is 5.18. The summed E-state index contributed by atoms with van der Waals surface area (Å²) in [6.45, 7) is 7.63. The number of benzene rings is 2. The molecule has 1 aromatic heterocycles. The summed E-state index contributed by atoms with van der Waals surface area (Å²) in [5.74, 6) is -2.93. The summed E-state index contributed by atoms with van der Waals surface area (Å²) in [4.78, 5) is 45.0. The molecule has 1 saturated heterocycles. The van der Waals surface area contributed by atoms with E-state index in [1.165, 1.54) is 12.1 Å². The first-order valence-corrected chi connectivity index (χ1v) is 13.4. The lowest BCUT2D eigenvalue weighted by Gasteiger charge is -2.23. The Morgan fingerprint density at radius 3 is 2.49 bits per heavy atom. The van der Waals surface area contributed by atoms with Gasteiger partial charge in [-0.15, -0.1) is 0 Å². The standard InChI is InChI=1S/C29H29FN2O6S/c1-5-7-14-38-20-12-10-18(11-13-20)23-22(24(33)19-9-8-16(3)21(30)15-19)25(34)27(35)32(23)29-31-17(4)26(39-29)28(36)37-6-2/h8-13,15,23,33H,5-7,14H2,1-4H3. The highest BCUT2D eigenvalue weighted by Crippen LogP contribution is 2.44. The third kappa shape index (κ3) is 5.56. The van der Waals surface area contributed by atoms with Crippen LogP contribution in [0.3, 0.4) is 0 Å². The molecule has 1 aliphatic heterocycles. The average molecular weight is 553 g/mol. The van der Waals surface area contributed by atoms with E-state index in [2.05, 4.69) is 11.9 Å². The number of anilines is 1. The number of hydrogen-bond acceptors (Lipinski definition) is 8. The molecule has 0 spiro atoms. The molecule has 1 aliphatic rings. The second kappa shape index (κ2) is 11.8. The molecule has 0 bridgehead atoms. The molecule has 2 heterocycles. The third-order valence-electron chi connectivity index (χ3n) is 6.30. The van der Waals surface area contributed by atoms with Crippen molar-refractivity contribution in [1.29, 1.82) is 0 Å². The predicted molar refractivity (Wildman–Crippen MR) is 146 cm³/mol. The van der Waals surface area contributed by atoms with Crippen molar-refractivity contribution in [3.8, 4) is 5.75 Å². The molecule has 1 fully saturated rings. The zero-order chi connectivity index (χ0) is 28.3. The lowest BCUT2D eigenvalue weighted by atomic mass is 9.95. The summed E-state index contributed by atoms with van der Waals surface area (Å²) >= 11 is 0.918. The fraction of sp³-hybridized carbons (Fsp3) is 0.310. The number of unbranched alkanes of at least 4 members (excludes halogenated alkanes) is 1. The molecule has 3 aromatic rings. The summed E-state index contributed by atoms with van der Waals surface area (Å²) < 4.78 is 25.2. The first-order valence-electron chi connectivity index (χ1n) is 12.6. The Labute approximate surface area is 229 Å². The number of carbonyl (C=O) groups excluding carboxylic acids is 3. The number of aliphatic hydroxyl groups excluding tert-OH is 1. The lowest BCUT2D eigenvalue weighted by Crippen LogP contribution is -2.29. The Kier molecular flexibility index (Phi) is 8.44. The number of esters is 1. The van der Waals surface area contributed by atoms with Gasteiger partial charge in [-0.3, -0.25) is 14.5 Å². The first kappa shape index (κ1) is 28.0. The average Bonchev–Trinajstić information content (AvgIpc) is 3.42. The van der Waals surface area contributed by atoms with Gasteiger partial charge in [-0.1, -0.05) is 48.9 Å². The molecular weight excluding hydrogens is 523 g/mol. The van der Waals surface area contributed by atoms with E-state index in [1.54, 1.807) is 45.0 Å². The topological polar surface area (TPSA) is 106 Å². The summed E-state index contributed by atoms with van der Waals surface area (Å²) in [6, 6.07) is 9.82. The predicted octanol–water partition coefficient (Wildman–Crippen LogP) is 5.88. The number of aliphatic hydroxyl groups is 1. The monoisotopic (exact) mass is 552 g/mol. The van der Waals surface area contributed by atoms with Crippen LogP contribution in [-0.2, 0) is 14.3 Å². The zero-order valence-corrected chi connectivity index (χ0v) is 22.9. The van der Waals surface area contributed by atoms with Gasteiger partial charge in [0.05, 0.1) is 30.5 Å². The normalized spacial score (nSPS) is 16.5. The van der Waals surface area contributed by atoms with E-state index >= 15 is 0 Å². The number of nitrogens with zero attached hydrogens (tertiary/aromatic N) is 2. The number of rotatable bonds is 9. The van der Waals surface area contributed by atoms with Crippen LogP contribution in [0.2, 0.25) is 0 Å². The van der Waals surface area contributed by atoms with Crippen LogP contribution in [0.15, 0.2) is 48.0 Å². The lowest BCUT2D eigenvalue weighted by molar-refractivity contribution is -0.132. The Hall–Kier alpha value is -4.05. The molecule has 10 heteroatoms. The Bertz CT molecular complexity index is 1450. The van der Waals surface area contributed by atoms with Crippen molar-refractivity contribution < 1.29 is 33.4 Å². The van der Waals surface area contributed by atoms with Gasteiger partial charge in [0, 0.05) is 5.56 Å². The summed E-state index contributed by atoms with van der Waals surface area (Å²) in [7, 11) is 0. The van der Waals surface area contributed by atoms with Crippen molar-refractivity contribution >= 4 is 39.9 Å². The van der Waals surface area contributed by atoms with Gasteiger partial charge in [-0.25, -0.2) is 14.2 Å². The quantitative estimate of drug-likeness (QED) is 0.116. The van der Waals surface area contributed by atoms with Crippen molar-refractivity contribution in [1.82, 2.24) is 4.98 Å². The number of halogens is 1. The van der Waals surface area contributed by atoms with E-state index in [0.29, 0.717) is 29.2 Å². The van der Waals surface area contributed by atoms with Crippen LogP contribution >= 0.6 is 11.3 Å². The van der Waals surface area contributed by atoms with Crippen molar-refractivity contribution in [3.05, 3.63) is 81.1 Å². The summed E-state index contributed by atoms with van der Waals surface area (Å²) in [5.41, 5.74) is 1.05. The largest absolute Gasteiger partial charge is 0.507 e. The van der Waals surface area contributed by atoms with Gasteiger partial charge in [-0.05, 0) is 56.5 Å². The number of hydrogen-bond donors (Lipinski definition) is 1. The van der Waals surface area contributed by atoms with Gasteiger partial charge >= 0.3 is 11.9 Å². The molecule has 1 atom stereocenters. The molecule has 1 unspecified atom stereocenters. The van der Waals surface area contributed by atoms with E-state index < -0.39 is 35.3 Å². The Balaban J connectivity index is 1.85. The maximum atomic E-state index is 14.4. The molecule has 2 aromatic carbocycles. The second-order valence-corrected chi connectivity index (χ2v) is 10.0. The second-order valence-electron chi connectivity index (χ2n) is 9.04. The number of carbonyl (C=O) groups is 3. The number of amides is 1. The summed E-state index contributed by atoms with van der Waals surface area (Å²) in [5, 5.41) is 11.3.